The van der Waals surface area contributed by atoms with Crippen LogP contribution in [0.3, 0.4) is 0 Å². The summed E-state index contributed by atoms with van der Waals surface area (Å²) < 4.78 is 8.04. The number of hydrogen-bond acceptors (Lipinski definition) is 3. The summed E-state index contributed by atoms with van der Waals surface area (Å²) in [6, 6.07) is 12.1. The molecule has 4 aromatic rings. The molecule has 1 aliphatic heterocycles. The van der Waals surface area contributed by atoms with Crippen LogP contribution >= 0.6 is 11.3 Å². The summed E-state index contributed by atoms with van der Waals surface area (Å²) >= 11 is 1.62. The molecular formula is C18H13NO2S. The lowest BCUT2D eigenvalue weighted by Crippen LogP contribution is -2.12. The van der Waals surface area contributed by atoms with Gasteiger partial charge in [0, 0.05) is 23.0 Å². The molecule has 0 radical (unpaired) electrons. The minimum atomic E-state index is -0.223. The van der Waals surface area contributed by atoms with Crippen molar-refractivity contribution in [3.63, 3.8) is 0 Å². The molecule has 0 aliphatic carbocycles. The molecule has 5 rings (SSSR count). The van der Waals surface area contributed by atoms with Crippen molar-refractivity contribution in [2.24, 2.45) is 0 Å². The number of aromatic nitrogens is 1. The molecule has 0 bridgehead atoms. The highest BCUT2D eigenvalue weighted by Gasteiger charge is 2.25. The molecular weight excluding hydrogens is 294 g/mol. The van der Waals surface area contributed by atoms with Crippen LogP contribution in [0.15, 0.2) is 51.0 Å². The van der Waals surface area contributed by atoms with E-state index >= 15 is 0 Å². The summed E-state index contributed by atoms with van der Waals surface area (Å²) in [5.41, 5.74) is 3.17. The number of thiophene rings is 1. The third-order valence-corrected chi connectivity index (χ3v) is 5.35. The molecule has 0 unspecified atom stereocenters. The van der Waals surface area contributed by atoms with E-state index in [4.69, 9.17) is 4.42 Å². The molecule has 0 atom stereocenters. The molecule has 1 aromatic carbocycles. The zero-order valence-corrected chi connectivity index (χ0v) is 12.7. The second-order valence-corrected chi connectivity index (χ2v) is 6.62. The van der Waals surface area contributed by atoms with Gasteiger partial charge >= 0.3 is 5.63 Å². The molecule has 108 valence electrons. The van der Waals surface area contributed by atoms with Crippen LogP contribution in [-0.4, -0.2) is 4.57 Å². The Hall–Kier alpha value is -2.33. The van der Waals surface area contributed by atoms with Crippen LogP contribution in [0.5, 0.6) is 0 Å². The summed E-state index contributed by atoms with van der Waals surface area (Å²) in [4.78, 5) is 13.7. The largest absolute Gasteiger partial charge is 0.421 e. The van der Waals surface area contributed by atoms with Crippen molar-refractivity contribution >= 4 is 33.1 Å². The maximum Gasteiger partial charge on any atom is 0.346 e. The van der Waals surface area contributed by atoms with E-state index in [-0.39, 0.29) is 5.63 Å². The first-order valence-corrected chi connectivity index (χ1v) is 8.33. The molecule has 22 heavy (non-hydrogen) atoms. The van der Waals surface area contributed by atoms with E-state index in [9.17, 15) is 4.79 Å². The Morgan fingerprint density at radius 2 is 2.05 bits per heavy atom. The SMILES string of the molecule is O=c1oc(-c2cccs2)c2c3c1c1ccccc1n3CCC2. The predicted molar refractivity (Wildman–Crippen MR) is 89.6 cm³/mol. The number of hydrogen-bond donors (Lipinski definition) is 0. The van der Waals surface area contributed by atoms with Crippen LogP contribution in [0.25, 0.3) is 32.4 Å². The van der Waals surface area contributed by atoms with Crippen molar-refractivity contribution in [1.29, 1.82) is 0 Å². The maximum absolute atomic E-state index is 12.6. The quantitative estimate of drug-likeness (QED) is 0.521. The highest BCUT2D eigenvalue weighted by atomic mass is 32.1. The second kappa shape index (κ2) is 4.34. The van der Waals surface area contributed by atoms with Gasteiger partial charge in [-0.2, -0.15) is 0 Å². The van der Waals surface area contributed by atoms with E-state index in [0.717, 1.165) is 51.8 Å². The predicted octanol–water partition coefficient (Wildman–Crippen LogP) is 4.42. The van der Waals surface area contributed by atoms with Crippen LogP contribution in [0.4, 0.5) is 0 Å². The van der Waals surface area contributed by atoms with Gasteiger partial charge in [0.2, 0.25) is 0 Å². The molecule has 4 heterocycles. The van der Waals surface area contributed by atoms with Gasteiger partial charge in [-0.05, 0) is 30.4 Å². The number of benzene rings is 1. The Bertz CT molecular complexity index is 1070. The highest BCUT2D eigenvalue weighted by Crippen LogP contribution is 2.38. The first kappa shape index (κ1) is 12.2. The topological polar surface area (TPSA) is 35.1 Å². The number of para-hydroxylation sites is 1. The zero-order valence-electron chi connectivity index (χ0n) is 11.8. The standard InChI is InChI=1S/C18H13NO2S/c20-18-15-11-5-1-2-7-13(11)19-9-3-6-12(16(15)19)17(21-18)14-8-4-10-22-14/h1-2,4-5,7-8,10H,3,6,9H2. The third-order valence-electron chi connectivity index (χ3n) is 4.48. The smallest absolute Gasteiger partial charge is 0.346 e. The van der Waals surface area contributed by atoms with Gasteiger partial charge in [-0.25, -0.2) is 4.79 Å². The third kappa shape index (κ3) is 1.48. The van der Waals surface area contributed by atoms with Crippen LogP contribution in [0.2, 0.25) is 0 Å². The van der Waals surface area contributed by atoms with E-state index < -0.39 is 0 Å². The molecule has 3 nitrogen and oxygen atoms in total. The van der Waals surface area contributed by atoms with Gasteiger partial charge in [0.05, 0.1) is 15.8 Å². The van der Waals surface area contributed by atoms with E-state index in [1.165, 1.54) is 5.56 Å². The fourth-order valence-electron chi connectivity index (χ4n) is 3.62. The molecule has 1 aliphatic rings. The Balaban J connectivity index is 2.04. The van der Waals surface area contributed by atoms with Crippen LogP contribution in [0.1, 0.15) is 12.0 Å². The molecule has 0 amide bonds. The number of rotatable bonds is 1. The molecule has 0 saturated carbocycles. The van der Waals surface area contributed by atoms with Gasteiger partial charge in [-0.3, -0.25) is 0 Å². The van der Waals surface area contributed by atoms with Crippen molar-refractivity contribution < 1.29 is 4.42 Å². The van der Waals surface area contributed by atoms with Gasteiger partial charge < -0.3 is 8.98 Å². The van der Waals surface area contributed by atoms with Gasteiger partial charge in [-0.1, -0.05) is 24.3 Å². The molecule has 0 saturated heterocycles. The second-order valence-electron chi connectivity index (χ2n) is 5.67. The van der Waals surface area contributed by atoms with Crippen molar-refractivity contribution in [3.8, 4) is 10.6 Å². The van der Waals surface area contributed by atoms with Crippen molar-refractivity contribution in [3.05, 3.63) is 57.8 Å². The van der Waals surface area contributed by atoms with Crippen LogP contribution in [-0.2, 0) is 13.0 Å². The summed E-state index contributed by atoms with van der Waals surface area (Å²) in [5, 5.41) is 3.77. The summed E-state index contributed by atoms with van der Waals surface area (Å²) in [5.74, 6) is 0.760. The van der Waals surface area contributed by atoms with E-state index in [1.807, 2.05) is 35.7 Å². The fraction of sp³-hybridized carbons (Fsp3) is 0.167. The monoisotopic (exact) mass is 307 g/mol. The van der Waals surface area contributed by atoms with Gasteiger partial charge in [0.25, 0.3) is 0 Å². The van der Waals surface area contributed by atoms with Crippen molar-refractivity contribution in [2.75, 3.05) is 0 Å². The molecule has 0 N–H and O–H groups in total. The van der Waals surface area contributed by atoms with Crippen molar-refractivity contribution in [2.45, 2.75) is 19.4 Å². The van der Waals surface area contributed by atoms with Crippen LogP contribution in [0, 0.1) is 0 Å². The highest BCUT2D eigenvalue weighted by molar-refractivity contribution is 7.13. The summed E-state index contributed by atoms with van der Waals surface area (Å²) in [7, 11) is 0. The first-order valence-electron chi connectivity index (χ1n) is 7.45. The Labute approximate surface area is 130 Å². The Kier molecular flexibility index (Phi) is 2.41. The molecule has 0 spiro atoms. The van der Waals surface area contributed by atoms with Crippen LogP contribution < -0.4 is 5.63 Å². The van der Waals surface area contributed by atoms with Gasteiger partial charge in [-0.15, -0.1) is 11.3 Å². The lowest BCUT2D eigenvalue weighted by molar-refractivity contribution is 0.522. The average Bonchev–Trinajstić information content (AvgIpc) is 3.18. The van der Waals surface area contributed by atoms with E-state index in [1.54, 1.807) is 11.3 Å². The first-order chi connectivity index (χ1) is 10.8. The lowest BCUT2D eigenvalue weighted by Gasteiger charge is -2.17. The zero-order chi connectivity index (χ0) is 14.7. The van der Waals surface area contributed by atoms with Gasteiger partial charge in [0.15, 0.2) is 5.76 Å². The minimum Gasteiger partial charge on any atom is -0.421 e. The number of nitrogens with zero attached hydrogens (tertiary/aromatic N) is 1. The van der Waals surface area contributed by atoms with Crippen molar-refractivity contribution in [1.82, 2.24) is 4.57 Å². The normalized spacial score (nSPS) is 14.0. The molecule has 4 heteroatoms. The maximum atomic E-state index is 12.6. The minimum absolute atomic E-state index is 0.223. The summed E-state index contributed by atoms with van der Waals surface area (Å²) in [6.45, 7) is 0.963. The van der Waals surface area contributed by atoms with E-state index in [2.05, 4.69) is 10.6 Å². The Morgan fingerprint density at radius 3 is 2.91 bits per heavy atom. The average molecular weight is 307 g/mol. The summed E-state index contributed by atoms with van der Waals surface area (Å²) in [6.07, 6.45) is 2.04. The number of aryl methyl sites for hydroxylation is 2. The molecule has 3 aromatic heterocycles. The lowest BCUT2D eigenvalue weighted by atomic mass is 10.0. The van der Waals surface area contributed by atoms with Gasteiger partial charge in [0.1, 0.15) is 0 Å². The fourth-order valence-corrected chi connectivity index (χ4v) is 4.35. The Morgan fingerprint density at radius 1 is 1.14 bits per heavy atom. The number of fused-ring (bicyclic) bond motifs is 3. The molecule has 0 fully saturated rings. The van der Waals surface area contributed by atoms with E-state index in [0.29, 0.717) is 0 Å².